The van der Waals surface area contributed by atoms with Crippen LogP contribution in [-0.4, -0.2) is 34.6 Å². The first-order chi connectivity index (χ1) is 11.5. The summed E-state index contributed by atoms with van der Waals surface area (Å²) in [4.78, 5) is 26.0. The SMILES string of the molecule is C[C@@]1(c2ccsc2)NC(=O)N(C[C@@H](O)CCc2ccccc2)C1=O. The minimum Gasteiger partial charge on any atom is -0.391 e. The van der Waals surface area contributed by atoms with Gasteiger partial charge in [0.15, 0.2) is 0 Å². The molecule has 1 aliphatic heterocycles. The molecule has 24 heavy (non-hydrogen) atoms. The number of aliphatic hydroxyl groups excluding tert-OH is 1. The Morgan fingerprint density at radius 2 is 2.00 bits per heavy atom. The second-order valence-electron chi connectivity index (χ2n) is 6.16. The Hall–Kier alpha value is -2.18. The van der Waals surface area contributed by atoms with Crippen LogP contribution in [0.5, 0.6) is 0 Å². The van der Waals surface area contributed by atoms with Crippen molar-refractivity contribution in [2.24, 2.45) is 0 Å². The third-order valence-electron chi connectivity index (χ3n) is 4.38. The lowest BCUT2D eigenvalue weighted by molar-refractivity contribution is -0.132. The number of hydrogen-bond donors (Lipinski definition) is 2. The summed E-state index contributed by atoms with van der Waals surface area (Å²) < 4.78 is 0. The largest absolute Gasteiger partial charge is 0.391 e. The Labute approximate surface area is 144 Å². The summed E-state index contributed by atoms with van der Waals surface area (Å²) in [7, 11) is 0. The number of imide groups is 1. The van der Waals surface area contributed by atoms with Crippen LogP contribution < -0.4 is 5.32 Å². The van der Waals surface area contributed by atoms with Gasteiger partial charge in [-0.1, -0.05) is 30.3 Å². The fourth-order valence-corrected chi connectivity index (χ4v) is 3.65. The van der Waals surface area contributed by atoms with Crippen LogP contribution in [0, 0.1) is 0 Å². The Bertz CT molecular complexity index is 717. The summed E-state index contributed by atoms with van der Waals surface area (Å²) >= 11 is 1.48. The molecule has 2 N–H and O–H groups in total. The van der Waals surface area contributed by atoms with Crippen LogP contribution in [0.3, 0.4) is 0 Å². The highest BCUT2D eigenvalue weighted by molar-refractivity contribution is 7.08. The molecule has 1 aliphatic rings. The number of aliphatic hydroxyl groups is 1. The van der Waals surface area contributed by atoms with E-state index in [1.165, 1.54) is 11.3 Å². The molecular weight excluding hydrogens is 324 g/mol. The van der Waals surface area contributed by atoms with E-state index in [0.717, 1.165) is 16.0 Å². The van der Waals surface area contributed by atoms with Gasteiger partial charge < -0.3 is 10.4 Å². The molecular formula is C18H20N2O3S. The van der Waals surface area contributed by atoms with E-state index in [9.17, 15) is 14.7 Å². The van der Waals surface area contributed by atoms with Crippen LogP contribution >= 0.6 is 11.3 Å². The third kappa shape index (κ3) is 3.20. The van der Waals surface area contributed by atoms with Gasteiger partial charge in [-0.3, -0.25) is 9.69 Å². The molecule has 0 radical (unpaired) electrons. The molecule has 0 saturated carbocycles. The first-order valence-corrected chi connectivity index (χ1v) is 8.84. The van der Waals surface area contributed by atoms with Gasteiger partial charge in [-0.05, 0) is 47.7 Å². The highest BCUT2D eigenvalue weighted by Crippen LogP contribution is 2.30. The van der Waals surface area contributed by atoms with Crippen molar-refractivity contribution in [3.63, 3.8) is 0 Å². The Balaban J connectivity index is 1.62. The highest BCUT2D eigenvalue weighted by Gasteiger charge is 2.49. The van der Waals surface area contributed by atoms with Gasteiger partial charge in [0.1, 0.15) is 5.54 Å². The molecule has 0 spiro atoms. The van der Waals surface area contributed by atoms with Crippen molar-refractivity contribution in [3.05, 3.63) is 58.3 Å². The van der Waals surface area contributed by atoms with Gasteiger partial charge in [-0.25, -0.2) is 4.79 Å². The van der Waals surface area contributed by atoms with Gasteiger partial charge >= 0.3 is 6.03 Å². The number of carbonyl (C=O) groups excluding carboxylic acids is 2. The number of carbonyl (C=O) groups is 2. The van der Waals surface area contributed by atoms with Gasteiger partial charge in [0.25, 0.3) is 5.91 Å². The first-order valence-electron chi connectivity index (χ1n) is 7.89. The third-order valence-corrected chi connectivity index (χ3v) is 5.06. The van der Waals surface area contributed by atoms with Crippen LogP contribution in [0.2, 0.25) is 0 Å². The number of amides is 3. The smallest absolute Gasteiger partial charge is 0.325 e. The lowest BCUT2D eigenvalue weighted by Gasteiger charge is -2.21. The Kier molecular flexibility index (Phi) is 4.69. The minimum absolute atomic E-state index is 0.0111. The van der Waals surface area contributed by atoms with Crippen molar-refractivity contribution in [3.8, 4) is 0 Å². The number of nitrogens with zero attached hydrogens (tertiary/aromatic N) is 1. The number of thiophene rings is 1. The number of urea groups is 1. The molecule has 0 aliphatic carbocycles. The van der Waals surface area contributed by atoms with E-state index in [4.69, 9.17) is 0 Å². The number of rotatable bonds is 6. The molecule has 126 valence electrons. The summed E-state index contributed by atoms with van der Waals surface area (Å²) in [6.07, 6.45) is 0.452. The van der Waals surface area contributed by atoms with E-state index < -0.39 is 17.7 Å². The van der Waals surface area contributed by atoms with Gasteiger partial charge in [-0.15, -0.1) is 0 Å². The number of nitrogens with one attached hydrogen (secondary N) is 1. The van der Waals surface area contributed by atoms with Crippen LogP contribution in [0.1, 0.15) is 24.5 Å². The second kappa shape index (κ2) is 6.75. The molecule has 1 saturated heterocycles. The van der Waals surface area contributed by atoms with Crippen molar-refractivity contribution in [2.45, 2.75) is 31.4 Å². The summed E-state index contributed by atoms with van der Waals surface area (Å²) in [6, 6.07) is 11.2. The van der Waals surface area contributed by atoms with E-state index in [1.54, 1.807) is 6.92 Å². The molecule has 0 unspecified atom stereocenters. The molecule has 2 aromatic rings. The molecule has 1 fully saturated rings. The number of aryl methyl sites for hydroxylation is 1. The van der Waals surface area contributed by atoms with E-state index >= 15 is 0 Å². The number of hydrogen-bond acceptors (Lipinski definition) is 4. The van der Waals surface area contributed by atoms with Gasteiger partial charge in [0.2, 0.25) is 0 Å². The van der Waals surface area contributed by atoms with E-state index in [1.807, 2.05) is 47.2 Å². The Morgan fingerprint density at radius 1 is 1.25 bits per heavy atom. The maximum absolute atomic E-state index is 12.7. The molecule has 3 amide bonds. The lowest BCUT2D eigenvalue weighted by Crippen LogP contribution is -2.41. The average molecular weight is 344 g/mol. The monoisotopic (exact) mass is 344 g/mol. The topological polar surface area (TPSA) is 69.6 Å². The highest BCUT2D eigenvalue weighted by atomic mass is 32.1. The van der Waals surface area contributed by atoms with E-state index in [2.05, 4.69) is 5.32 Å². The molecule has 2 atom stereocenters. The first kappa shape index (κ1) is 16.7. The molecule has 1 aromatic carbocycles. The van der Waals surface area contributed by atoms with Gasteiger partial charge in [0, 0.05) is 0 Å². The normalized spacial score (nSPS) is 21.8. The van der Waals surface area contributed by atoms with Crippen molar-refractivity contribution in [1.82, 2.24) is 10.2 Å². The molecule has 2 heterocycles. The van der Waals surface area contributed by atoms with E-state index in [0.29, 0.717) is 12.8 Å². The predicted octanol–water partition coefficient (Wildman–Crippen LogP) is 2.51. The van der Waals surface area contributed by atoms with Crippen molar-refractivity contribution in [2.75, 3.05) is 6.54 Å². The molecule has 5 nitrogen and oxygen atoms in total. The lowest BCUT2D eigenvalue weighted by atomic mass is 9.95. The standard InChI is InChI=1S/C18H20N2O3S/c1-18(14-9-10-24-12-14)16(22)20(17(23)19-18)11-15(21)8-7-13-5-3-2-4-6-13/h2-6,9-10,12,15,21H,7-8,11H2,1H3,(H,19,23)/t15-,18-/m0/s1. The van der Waals surface area contributed by atoms with Crippen molar-refractivity contribution in [1.29, 1.82) is 0 Å². The van der Waals surface area contributed by atoms with Crippen LogP contribution in [0.15, 0.2) is 47.2 Å². The zero-order chi connectivity index (χ0) is 17.2. The molecule has 6 heteroatoms. The van der Waals surface area contributed by atoms with Crippen LogP contribution in [-0.2, 0) is 16.8 Å². The summed E-state index contributed by atoms with van der Waals surface area (Å²) in [5.41, 5.74) is 0.847. The summed E-state index contributed by atoms with van der Waals surface area (Å²) in [5.74, 6) is -0.315. The zero-order valence-corrected chi connectivity index (χ0v) is 14.3. The summed E-state index contributed by atoms with van der Waals surface area (Å²) in [6.45, 7) is 1.71. The minimum atomic E-state index is -1.05. The Morgan fingerprint density at radius 3 is 2.67 bits per heavy atom. The van der Waals surface area contributed by atoms with Crippen LogP contribution in [0.4, 0.5) is 4.79 Å². The molecule has 1 aromatic heterocycles. The zero-order valence-electron chi connectivity index (χ0n) is 13.4. The second-order valence-corrected chi connectivity index (χ2v) is 6.94. The predicted molar refractivity (Wildman–Crippen MR) is 92.7 cm³/mol. The van der Waals surface area contributed by atoms with Gasteiger partial charge in [-0.2, -0.15) is 11.3 Å². The fourth-order valence-electron chi connectivity index (χ4n) is 2.89. The van der Waals surface area contributed by atoms with Gasteiger partial charge in [0.05, 0.1) is 12.6 Å². The maximum Gasteiger partial charge on any atom is 0.325 e. The van der Waals surface area contributed by atoms with E-state index in [-0.39, 0.29) is 12.5 Å². The van der Waals surface area contributed by atoms with Crippen molar-refractivity contribution < 1.29 is 14.7 Å². The quantitative estimate of drug-likeness (QED) is 0.791. The average Bonchev–Trinajstić information content (AvgIpc) is 3.19. The van der Waals surface area contributed by atoms with Crippen LogP contribution in [0.25, 0.3) is 0 Å². The number of benzene rings is 1. The molecule has 0 bridgehead atoms. The number of β-amino-alcohol motifs (C(OH)–C–C–N with tert-alkyl or cyclic N) is 1. The van der Waals surface area contributed by atoms with Crippen molar-refractivity contribution >= 4 is 23.3 Å². The summed E-state index contributed by atoms with van der Waals surface area (Å²) in [5, 5.41) is 16.7. The fraction of sp³-hybridized carbons (Fsp3) is 0.333. The molecule has 3 rings (SSSR count). The maximum atomic E-state index is 12.7.